The van der Waals surface area contributed by atoms with Crippen molar-refractivity contribution in [3.8, 4) is 0 Å². The van der Waals surface area contributed by atoms with E-state index >= 15 is 0 Å². The molecule has 8 nitrogen and oxygen atoms in total. The van der Waals surface area contributed by atoms with E-state index in [2.05, 4.69) is 29.6 Å². The fraction of sp³-hybridized carbons (Fsp3) is 0.395. The molecule has 49 heavy (non-hydrogen) atoms. The summed E-state index contributed by atoms with van der Waals surface area (Å²) in [5.41, 5.74) is 1.82. The van der Waals surface area contributed by atoms with Crippen LogP contribution < -0.4 is 10.6 Å². The predicted molar refractivity (Wildman–Crippen MR) is 184 cm³/mol. The second-order valence-electron chi connectivity index (χ2n) is 12.2. The smallest absolute Gasteiger partial charge is 0.390 e. The number of unbranched alkanes of at least 4 members (excludes halogenated alkanes) is 2. The zero-order chi connectivity index (χ0) is 35.2. The first-order valence-corrected chi connectivity index (χ1v) is 16.9. The third-order valence-electron chi connectivity index (χ3n) is 8.27. The van der Waals surface area contributed by atoms with Gasteiger partial charge in [-0.15, -0.1) is 0 Å². The number of alkyl halides is 3. The van der Waals surface area contributed by atoms with Crippen LogP contribution in [0.3, 0.4) is 0 Å². The molecule has 0 aliphatic heterocycles. The number of rotatable bonds is 18. The second kappa shape index (κ2) is 18.3. The summed E-state index contributed by atoms with van der Waals surface area (Å²) in [5.74, 6) is -0.739. The number of carbonyl (C=O) groups excluding carboxylic acids is 2. The van der Waals surface area contributed by atoms with Crippen LogP contribution in [0.2, 0.25) is 0 Å². The third kappa shape index (κ3) is 11.3. The molecule has 2 atom stereocenters. The Morgan fingerprint density at radius 1 is 0.857 bits per heavy atom. The molecule has 11 heteroatoms. The van der Waals surface area contributed by atoms with Gasteiger partial charge in [-0.3, -0.25) is 14.3 Å². The molecule has 4 rings (SSSR count). The normalized spacial score (nSPS) is 12.8. The van der Waals surface area contributed by atoms with Crippen LogP contribution >= 0.6 is 0 Å². The molecular weight excluding hydrogens is 631 g/mol. The van der Waals surface area contributed by atoms with E-state index in [4.69, 9.17) is 0 Å². The number of aliphatic hydroxyl groups is 1. The Morgan fingerprint density at radius 2 is 1.47 bits per heavy atom. The molecule has 2 amide bonds. The maximum absolute atomic E-state index is 13.9. The number of aromatic nitrogens is 2. The van der Waals surface area contributed by atoms with Gasteiger partial charge in [0.25, 0.3) is 11.8 Å². The molecule has 0 saturated heterocycles. The second-order valence-corrected chi connectivity index (χ2v) is 12.2. The molecule has 1 heterocycles. The van der Waals surface area contributed by atoms with Crippen molar-refractivity contribution in [1.29, 1.82) is 0 Å². The lowest BCUT2D eigenvalue weighted by Crippen LogP contribution is -2.48. The van der Waals surface area contributed by atoms with Crippen LogP contribution in [0.15, 0.2) is 91.0 Å². The molecule has 262 valence electrons. The van der Waals surface area contributed by atoms with Crippen molar-refractivity contribution in [2.75, 3.05) is 19.6 Å². The van der Waals surface area contributed by atoms with Crippen LogP contribution in [-0.4, -0.2) is 63.4 Å². The summed E-state index contributed by atoms with van der Waals surface area (Å²) in [6.07, 6.45) is -1.67. The van der Waals surface area contributed by atoms with Crippen LogP contribution in [0.1, 0.15) is 82.8 Å². The van der Waals surface area contributed by atoms with E-state index in [9.17, 15) is 27.9 Å². The quantitative estimate of drug-likeness (QED) is 0.112. The van der Waals surface area contributed by atoms with Gasteiger partial charge in [0.1, 0.15) is 5.69 Å². The van der Waals surface area contributed by atoms with Gasteiger partial charge < -0.3 is 20.6 Å². The van der Waals surface area contributed by atoms with Crippen LogP contribution in [0.4, 0.5) is 13.2 Å². The number of nitrogens with zero attached hydrogens (tertiary/aromatic N) is 3. The summed E-state index contributed by atoms with van der Waals surface area (Å²) in [7, 11) is 0. The summed E-state index contributed by atoms with van der Waals surface area (Å²) in [4.78, 5) is 29.5. The third-order valence-corrected chi connectivity index (χ3v) is 8.27. The van der Waals surface area contributed by atoms with Crippen LogP contribution in [0, 0.1) is 0 Å². The minimum Gasteiger partial charge on any atom is -0.390 e. The van der Waals surface area contributed by atoms with E-state index < -0.39 is 29.8 Å². The number of amides is 2. The minimum absolute atomic E-state index is 0.00399. The van der Waals surface area contributed by atoms with Crippen molar-refractivity contribution in [3.05, 3.63) is 125 Å². The molecule has 3 N–H and O–H groups in total. The van der Waals surface area contributed by atoms with Crippen molar-refractivity contribution < 1.29 is 27.9 Å². The Labute approximate surface area is 286 Å². The summed E-state index contributed by atoms with van der Waals surface area (Å²) in [6, 6.07) is 24.7. The van der Waals surface area contributed by atoms with E-state index in [1.165, 1.54) is 12.1 Å². The molecule has 0 saturated carbocycles. The van der Waals surface area contributed by atoms with Crippen LogP contribution in [0.5, 0.6) is 0 Å². The molecule has 0 aliphatic carbocycles. The van der Waals surface area contributed by atoms with Gasteiger partial charge in [0.15, 0.2) is 5.69 Å². The summed E-state index contributed by atoms with van der Waals surface area (Å²) >= 11 is 0. The average molecular weight is 678 g/mol. The maximum atomic E-state index is 13.9. The molecule has 3 aromatic carbocycles. The van der Waals surface area contributed by atoms with E-state index in [0.717, 1.165) is 48.9 Å². The Balaban J connectivity index is 1.55. The molecular formula is C38H46F3N5O3. The van der Waals surface area contributed by atoms with Gasteiger partial charge in [-0.1, -0.05) is 106 Å². The molecule has 0 bridgehead atoms. The summed E-state index contributed by atoms with van der Waals surface area (Å²) in [5, 5.41) is 21.8. The first kappa shape index (κ1) is 37.3. The zero-order valence-electron chi connectivity index (χ0n) is 28.1. The molecule has 1 aromatic heterocycles. The van der Waals surface area contributed by atoms with Gasteiger partial charge in [-0.05, 0) is 42.0 Å². The topological polar surface area (TPSA) is 99.5 Å². The van der Waals surface area contributed by atoms with Gasteiger partial charge in [-0.25, -0.2) is 0 Å². The fourth-order valence-electron chi connectivity index (χ4n) is 5.51. The van der Waals surface area contributed by atoms with Gasteiger partial charge in [0.2, 0.25) is 0 Å². The van der Waals surface area contributed by atoms with Crippen LogP contribution in [0.25, 0.3) is 0 Å². The van der Waals surface area contributed by atoms with Crippen molar-refractivity contribution in [3.63, 3.8) is 0 Å². The number of benzene rings is 3. The number of hydrogen-bond acceptors (Lipinski definition) is 5. The van der Waals surface area contributed by atoms with Crippen molar-refractivity contribution >= 4 is 11.8 Å². The minimum atomic E-state index is -4.46. The van der Waals surface area contributed by atoms with Gasteiger partial charge in [0, 0.05) is 32.2 Å². The molecule has 0 fully saturated rings. The van der Waals surface area contributed by atoms with Crippen molar-refractivity contribution in [1.82, 2.24) is 25.3 Å². The fourth-order valence-corrected chi connectivity index (χ4v) is 5.51. The summed E-state index contributed by atoms with van der Waals surface area (Å²) < 4.78 is 41.1. The highest BCUT2D eigenvalue weighted by atomic mass is 19.4. The van der Waals surface area contributed by atoms with E-state index in [1.54, 1.807) is 10.7 Å². The first-order valence-electron chi connectivity index (χ1n) is 16.9. The number of carbonyl (C=O) groups is 2. The highest BCUT2D eigenvalue weighted by Gasteiger charge is 2.30. The largest absolute Gasteiger partial charge is 0.416 e. The highest BCUT2D eigenvalue weighted by Crippen LogP contribution is 2.29. The highest BCUT2D eigenvalue weighted by molar-refractivity contribution is 5.98. The first-order chi connectivity index (χ1) is 23.6. The monoisotopic (exact) mass is 677 g/mol. The van der Waals surface area contributed by atoms with Crippen molar-refractivity contribution in [2.24, 2.45) is 0 Å². The van der Waals surface area contributed by atoms with E-state index in [1.807, 2.05) is 65.6 Å². The molecule has 4 aromatic rings. The maximum Gasteiger partial charge on any atom is 0.416 e. The zero-order valence-corrected chi connectivity index (χ0v) is 28.1. The number of hydrogen-bond donors (Lipinski definition) is 3. The standard InChI is InChI=1S/C38H46F3N5O3/c1-3-5-20-45(21-6-4-2)37(49)34-24-33(44-46(34)27-29-16-11-8-12-17-29)36(48)43-32(23-28-14-9-7-10-15-28)35(47)26-42-25-30-18-13-19-31(22-30)38(39,40)41/h7-19,22,24,32,35,42,47H,3-6,20-21,23,25-27H2,1-2H3,(H,43,48)/t32-,35+/m0/s1. The Bertz CT molecular complexity index is 1600. The van der Waals surface area contributed by atoms with Gasteiger partial charge in [-0.2, -0.15) is 18.3 Å². The molecule has 0 radical (unpaired) electrons. The lowest BCUT2D eigenvalue weighted by atomic mass is 10.0. The number of aliphatic hydroxyl groups excluding tert-OH is 1. The van der Waals surface area contributed by atoms with Crippen molar-refractivity contribution in [2.45, 2.75) is 77.4 Å². The van der Waals surface area contributed by atoms with Gasteiger partial charge >= 0.3 is 6.18 Å². The van der Waals surface area contributed by atoms with Crippen LogP contribution in [-0.2, 0) is 25.7 Å². The Morgan fingerprint density at radius 3 is 2.08 bits per heavy atom. The molecule has 0 spiro atoms. The van der Waals surface area contributed by atoms with E-state index in [0.29, 0.717) is 30.9 Å². The molecule has 0 aliphatic rings. The van der Waals surface area contributed by atoms with Gasteiger partial charge in [0.05, 0.1) is 24.3 Å². The summed E-state index contributed by atoms with van der Waals surface area (Å²) in [6.45, 7) is 5.74. The molecule has 0 unspecified atom stereocenters. The Kier molecular flexibility index (Phi) is 14.0. The predicted octanol–water partition coefficient (Wildman–Crippen LogP) is 6.48. The average Bonchev–Trinajstić information content (AvgIpc) is 3.52. The Hall–Kier alpha value is -4.48. The SMILES string of the molecule is CCCCN(CCCC)C(=O)c1cc(C(=O)N[C@@H](Cc2ccccc2)[C@H](O)CNCc2cccc(C(F)(F)F)c2)nn1Cc1ccccc1. The lowest BCUT2D eigenvalue weighted by Gasteiger charge is -2.24. The number of halogens is 3. The lowest BCUT2D eigenvalue weighted by molar-refractivity contribution is -0.137. The van der Waals surface area contributed by atoms with E-state index in [-0.39, 0.29) is 31.1 Å². The number of nitrogens with one attached hydrogen (secondary N) is 2.